The number of halogens is 1. The smallest absolute Gasteiger partial charge is 0.253 e. The van der Waals surface area contributed by atoms with Crippen LogP contribution in [0.25, 0.3) is 5.69 Å². The number of hydrogen-bond acceptors (Lipinski definition) is 5. The molecule has 1 aliphatic heterocycles. The summed E-state index contributed by atoms with van der Waals surface area (Å²) in [5.74, 6) is 0.371. The zero-order chi connectivity index (χ0) is 19.5. The highest BCUT2D eigenvalue weighted by Crippen LogP contribution is 2.14. The van der Waals surface area contributed by atoms with E-state index in [0.29, 0.717) is 36.7 Å². The summed E-state index contributed by atoms with van der Waals surface area (Å²) in [5, 5.41) is 11.8. The van der Waals surface area contributed by atoms with Crippen molar-refractivity contribution in [3.63, 3.8) is 0 Å². The summed E-state index contributed by atoms with van der Waals surface area (Å²) in [5.41, 5.74) is 2.44. The first-order valence-electron chi connectivity index (χ1n) is 9.21. The van der Waals surface area contributed by atoms with Crippen LogP contribution in [-0.4, -0.2) is 62.1 Å². The number of aromatic nitrogens is 4. The SMILES string of the molecule is Cc1ccc(C(=O)N2CCN(Cc3nnnn3-c3cccc(F)c3)CC2)cc1. The van der Waals surface area contributed by atoms with Gasteiger partial charge in [0.15, 0.2) is 5.82 Å². The molecule has 7 nitrogen and oxygen atoms in total. The van der Waals surface area contributed by atoms with Crippen LogP contribution in [0.3, 0.4) is 0 Å². The highest BCUT2D eigenvalue weighted by molar-refractivity contribution is 5.94. The second-order valence-electron chi connectivity index (χ2n) is 6.92. The molecule has 8 heteroatoms. The van der Waals surface area contributed by atoms with E-state index in [1.165, 1.54) is 12.1 Å². The molecule has 1 aliphatic rings. The van der Waals surface area contributed by atoms with Gasteiger partial charge in [0, 0.05) is 31.7 Å². The van der Waals surface area contributed by atoms with E-state index in [9.17, 15) is 9.18 Å². The Bertz CT molecular complexity index is 963. The van der Waals surface area contributed by atoms with E-state index < -0.39 is 0 Å². The molecule has 144 valence electrons. The van der Waals surface area contributed by atoms with Crippen LogP contribution in [0, 0.1) is 12.7 Å². The second kappa shape index (κ2) is 7.85. The predicted octanol–water partition coefficient (Wildman–Crippen LogP) is 2.07. The number of benzene rings is 2. The van der Waals surface area contributed by atoms with Crippen molar-refractivity contribution in [3.05, 3.63) is 71.3 Å². The Morgan fingerprint density at radius 2 is 1.82 bits per heavy atom. The van der Waals surface area contributed by atoms with E-state index in [2.05, 4.69) is 20.4 Å². The number of hydrogen-bond donors (Lipinski definition) is 0. The van der Waals surface area contributed by atoms with Gasteiger partial charge in [-0.2, -0.15) is 4.68 Å². The molecule has 1 aromatic heterocycles. The van der Waals surface area contributed by atoms with E-state index in [0.717, 1.165) is 18.7 Å². The van der Waals surface area contributed by atoms with Gasteiger partial charge < -0.3 is 4.90 Å². The first-order valence-corrected chi connectivity index (χ1v) is 9.21. The van der Waals surface area contributed by atoms with Gasteiger partial charge in [-0.1, -0.05) is 23.8 Å². The highest BCUT2D eigenvalue weighted by atomic mass is 19.1. The van der Waals surface area contributed by atoms with Gasteiger partial charge in [0.05, 0.1) is 12.2 Å². The molecule has 0 spiro atoms. The zero-order valence-corrected chi connectivity index (χ0v) is 15.6. The van der Waals surface area contributed by atoms with Crippen molar-refractivity contribution in [1.82, 2.24) is 30.0 Å². The average molecular weight is 380 g/mol. The third kappa shape index (κ3) is 3.91. The summed E-state index contributed by atoms with van der Waals surface area (Å²) in [7, 11) is 0. The van der Waals surface area contributed by atoms with E-state index in [1.807, 2.05) is 36.1 Å². The van der Waals surface area contributed by atoms with Crippen LogP contribution in [0.2, 0.25) is 0 Å². The number of tetrazole rings is 1. The van der Waals surface area contributed by atoms with E-state index >= 15 is 0 Å². The van der Waals surface area contributed by atoms with Crippen LogP contribution in [0.4, 0.5) is 4.39 Å². The lowest BCUT2D eigenvalue weighted by Crippen LogP contribution is -2.48. The normalized spacial score (nSPS) is 15.0. The first kappa shape index (κ1) is 18.2. The quantitative estimate of drug-likeness (QED) is 0.693. The van der Waals surface area contributed by atoms with Crippen LogP contribution in [0.5, 0.6) is 0 Å². The fraction of sp³-hybridized carbons (Fsp3) is 0.300. The van der Waals surface area contributed by atoms with Crippen molar-refractivity contribution in [1.29, 1.82) is 0 Å². The van der Waals surface area contributed by atoms with Crippen LogP contribution in [-0.2, 0) is 6.54 Å². The molecule has 4 rings (SSSR count). The Hall–Kier alpha value is -3.13. The topological polar surface area (TPSA) is 67.2 Å². The Kier molecular flexibility index (Phi) is 5.12. The number of nitrogens with zero attached hydrogens (tertiary/aromatic N) is 6. The molecule has 1 fully saturated rings. The molecule has 0 radical (unpaired) electrons. The number of amides is 1. The average Bonchev–Trinajstić information content (AvgIpc) is 3.17. The number of carbonyl (C=O) groups is 1. The van der Waals surface area contributed by atoms with Crippen LogP contribution in [0.1, 0.15) is 21.7 Å². The van der Waals surface area contributed by atoms with E-state index in [4.69, 9.17) is 0 Å². The van der Waals surface area contributed by atoms with Gasteiger partial charge in [-0.25, -0.2) is 4.39 Å². The van der Waals surface area contributed by atoms with Gasteiger partial charge in [-0.05, 0) is 47.7 Å². The predicted molar refractivity (Wildman–Crippen MR) is 101 cm³/mol. The molecule has 0 atom stereocenters. The number of piperazine rings is 1. The first-order chi connectivity index (χ1) is 13.6. The molecule has 28 heavy (non-hydrogen) atoms. The third-order valence-corrected chi connectivity index (χ3v) is 4.91. The number of carbonyl (C=O) groups excluding carboxylic acids is 1. The van der Waals surface area contributed by atoms with Gasteiger partial charge in [0.25, 0.3) is 5.91 Å². The maximum atomic E-state index is 13.5. The number of rotatable bonds is 4. The van der Waals surface area contributed by atoms with Crippen molar-refractivity contribution >= 4 is 5.91 Å². The minimum absolute atomic E-state index is 0.0595. The summed E-state index contributed by atoms with van der Waals surface area (Å²) in [6, 6.07) is 13.8. The molecular weight excluding hydrogens is 359 g/mol. The van der Waals surface area contributed by atoms with Crippen molar-refractivity contribution in [2.24, 2.45) is 0 Å². The van der Waals surface area contributed by atoms with Crippen molar-refractivity contribution < 1.29 is 9.18 Å². The Balaban J connectivity index is 1.38. The third-order valence-electron chi connectivity index (χ3n) is 4.91. The molecule has 0 aliphatic carbocycles. The molecule has 1 amide bonds. The maximum Gasteiger partial charge on any atom is 0.253 e. The second-order valence-corrected chi connectivity index (χ2v) is 6.92. The summed E-state index contributed by atoms with van der Waals surface area (Å²) in [6.07, 6.45) is 0. The summed E-state index contributed by atoms with van der Waals surface area (Å²) in [6.45, 7) is 5.30. The van der Waals surface area contributed by atoms with Crippen LogP contribution < -0.4 is 0 Å². The van der Waals surface area contributed by atoms with Gasteiger partial charge >= 0.3 is 0 Å². The molecule has 0 bridgehead atoms. The van der Waals surface area contributed by atoms with E-state index in [1.54, 1.807) is 16.8 Å². The van der Waals surface area contributed by atoms with Crippen LogP contribution >= 0.6 is 0 Å². The minimum Gasteiger partial charge on any atom is -0.336 e. The van der Waals surface area contributed by atoms with Gasteiger partial charge in [0.2, 0.25) is 0 Å². The maximum absolute atomic E-state index is 13.5. The lowest BCUT2D eigenvalue weighted by molar-refractivity contribution is 0.0624. The Labute approximate surface area is 162 Å². The molecular formula is C20H21FN6O. The van der Waals surface area contributed by atoms with Crippen molar-refractivity contribution in [2.75, 3.05) is 26.2 Å². The molecule has 0 N–H and O–H groups in total. The largest absolute Gasteiger partial charge is 0.336 e. The summed E-state index contributed by atoms with van der Waals surface area (Å²) >= 11 is 0. The van der Waals surface area contributed by atoms with Gasteiger partial charge in [0.1, 0.15) is 5.82 Å². The van der Waals surface area contributed by atoms with Crippen LogP contribution in [0.15, 0.2) is 48.5 Å². The lowest BCUT2D eigenvalue weighted by atomic mass is 10.1. The lowest BCUT2D eigenvalue weighted by Gasteiger charge is -2.34. The fourth-order valence-corrected chi connectivity index (χ4v) is 3.30. The minimum atomic E-state index is -0.331. The fourth-order valence-electron chi connectivity index (χ4n) is 3.30. The molecule has 1 saturated heterocycles. The Morgan fingerprint density at radius 1 is 1.07 bits per heavy atom. The molecule has 2 heterocycles. The van der Waals surface area contributed by atoms with Crippen molar-refractivity contribution in [3.8, 4) is 5.69 Å². The standard InChI is InChI=1S/C20H21FN6O/c1-15-5-7-16(8-6-15)20(28)26-11-9-25(10-12-26)14-19-22-23-24-27(19)18-4-2-3-17(21)13-18/h2-8,13H,9-12,14H2,1H3. The summed E-state index contributed by atoms with van der Waals surface area (Å²) < 4.78 is 15.0. The zero-order valence-electron chi connectivity index (χ0n) is 15.6. The van der Waals surface area contributed by atoms with E-state index in [-0.39, 0.29) is 11.7 Å². The molecule has 0 unspecified atom stereocenters. The Morgan fingerprint density at radius 3 is 2.54 bits per heavy atom. The monoisotopic (exact) mass is 380 g/mol. The molecule has 3 aromatic rings. The van der Waals surface area contributed by atoms with Crippen molar-refractivity contribution in [2.45, 2.75) is 13.5 Å². The number of aryl methyl sites for hydroxylation is 1. The van der Waals surface area contributed by atoms with Gasteiger partial charge in [-0.3, -0.25) is 9.69 Å². The van der Waals surface area contributed by atoms with Gasteiger partial charge in [-0.15, -0.1) is 5.10 Å². The highest BCUT2D eigenvalue weighted by Gasteiger charge is 2.23. The molecule has 0 saturated carbocycles. The summed E-state index contributed by atoms with van der Waals surface area (Å²) in [4.78, 5) is 16.7. The molecule has 2 aromatic carbocycles.